The number of hydrogen-bond acceptors (Lipinski definition) is 3. The summed E-state index contributed by atoms with van der Waals surface area (Å²) in [5, 5.41) is 0. The Morgan fingerprint density at radius 2 is 2.41 bits per heavy atom. The second-order valence-corrected chi connectivity index (χ2v) is 5.86. The van der Waals surface area contributed by atoms with Crippen LogP contribution < -0.4 is 5.73 Å². The van der Waals surface area contributed by atoms with Crippen LogP contribution in [0.5, 0.6) is 0 Å². The van der Waals surface area contributed by atoms with Gasteiger partial charge in [0.25, 0.3) is 5.91 Å². The Morgan fingerprint density at radius 1 is 1.65 bits per heavy atom. The van der Waals surface area contributed by atoms with Gasteiger partial charge in [0, 0.05) is 24.0 Å². The number of likely N-dealkylation sites (tertiary alicyclic amines) is 1. The second-order valence-electron chi connectivity index (χ2n) is 4.72. The highest BCUT2D eigenvalue weighted by molar-refractivity contribution is 7.14. The molecule has 1 unspecified atom stereocenters. The van der Waals surface area contributed by atoms with E-state index < -0.39 is 0 Å². The predicted molar refractivity (Wildman–Crippen MR) is 71.5 cm³/mol. The van der Waals surface area contributed by atoms with Crippen LogP contribution in [0.1, 0.15) is 39.9 Å². The number of aryl methyl sites for hydroxylation is 2. The maximum atomic E-state index is 12.3. The summed E-state index contributed by atoms with van der Waals surface area (Å²) in [4.78, 5) is 16.4. The van der Waals surface area contributed by atoms with Crippen LogP contribution in [0.2, 0.25) is 0 Å². The molecule has 3 nitrogen and oxygen atoms in total. The molecule has 94 valence electrons. The van der Waals surface area contributed by atoms with Crippen molar-refractivity contribution < 1.29 is 4.79 Å². The third-order valence-electron chi connectivity index (χ3n) is 3.30. The van der Waals surface area contributed by atoms with Crippen molar-refractivity contribution in [2.75, 3.05) is 13.1 Å². The lowest BCUT2D eigenvalue weighted by atomic mass is 10.1. The Bertz CT molecular complexity index is 414. The Hall–Kier alpha value is -0.870. The Kier molecular flexibility index (Phi) is 3.84. The maximum Gasteiger partial charge on any atom is 0.263 e. The third-order valence-corrected chi connectivity index (χ3v) is 4.67. The molecule has 0 spiro atoms. The zero-order chi connectivity index (χ0) is 12.4. The van der Waals surface area contributed by atoms with E-state index in [9.17, 15) is 4.79 Å². The van der Waals surface area contributed by atoms with E-state index in [0.717, 1.165) is 30.7 Å². The van der Waals surface area contributed by atoms with Crippen LogP contribution in [0, 0.1) is 6.92 Å². The van der Waals surface area contributed by atoms with Gasteiger partial charge in [-0.1, -0.05) is 6.92 Å². The summed E-state index contributed by atoms with van der Waals surface area (Å²) in [6.07, 6.45) is 3.06. The molecule has 1 aromatic rings. The van der Waals surface area contributed by atoms with Crippen LogP contribution in [-0.4, -0.2) is 29.9 Å². The lowest BCUT2D eigenvalue weighted by Gasteiger charge is -2.30. The number of hydrogen-bond donors (Lipinski definition) is 1. The van der Waals surface area contributed by atoms with Crippen LogP contribution in [-0.2, 0) is 6.42 Å². The molecule has 1 aliphatic heterocycles. The number of amides is 1. The molecule has 1 saturated heterocycles. The standard InChI is InChI=1S/C13H20N2OS/c1-3-11-9(2)7-12(17-11)13(16)15-6-4-5-10(14)8-15/h7,10H,3-6,8,14H2,1-2H3. The second kappa shape index (κ2) is 5.19. The number of piperidine rings is 1. The lowest BCUT2D eigenvalue weighted by molar-refractivity contribution is 0.0713. The number of nitrogens with two attached hydrogens (primary N) is 1. The smallest absolute Gasteiger partial charge is 0.263 e. The fourth-order valence-electron chi connectivity index (χ4n) is 2.33. The number of rotatable bonds is 2. The summed E-state index contributed by atoms with van der Waals surface area (Å²) < 4.78 is 0. The molecule has 0 aliphatic carbocycles. The molecule has 4 heteroatoms. The first-order valence-electron chi connectivity index (χ1n) is 6.26. The van der Waals surface area contributed by atoms with Gasteiger partial charge in [-0.05, 0) is 37.8 Å². The molecule has 1 aliphatic rings. The highest BCUT2D eigenvalue weighted by Crippen LogP contribution is 2.24. The van der Waals surface area contributed by atoms with Gasteiger partial charge in [0.05, 0.1) is 4.88 Å². The summed E-state index contributed by atoms with van der Waals surface area (Å²) in [5.74, 6) is 0.160. The largest absolute Gasteiger partial charge is 0.336 e. The minimum absolute atomic E-state index is 0.152. The molecule has 1 aromatic heterocycles. The van der Waals surface area contributed by atoms with Crippen LogP contribution >= 0.6 is 11.3 Å². The summed E-state index contributed by atoms with van der Waals surface area (Å²) >= 11 is 1.63. The first-order valence-corrected chi connectivity index (χ1v) is 7.07. The molecule has 0 saturated carbocycles. The molecule has 2 rings (SSSR count). The monoisotopic (exact) mass is 252 g/mol. The van der Waals surface area contributed by atoms with E-state index >= 15 is 0 Å². The maximum absolute atomic E-state index is 12.3. The van der Waals surface area contributed by atoms with Crippen molar-refractivity contribution in [3.63, 3.8) is 0 Å². The fourth-order valence-corrected chi connectivity index (χ4v) is 3.41. The fraction of sp³-hybridized carbons (Fsp3) is 0.615. The van der Waals surface area contributed by atoms with Crippen LogP contribution in [0.15, 0.2) is 6.07 Å². The quantitative estimate of drug-likeness (QED) is 0.877. The number of carbonyl (C=O) groups is 1. The number of thiophene rings is 1. The van der Waals surface area contributed by atoms with Gasteiger partial charge in [0.1, 0.15) is 0 Å². The zero-order valence-corrected chi connectivity index (χ0v) is 11.3. The predicted octanol–water partition coefficient (Wildman–Crippen LogP) is 2.18. The Morgan fingerprint density at radius 3 is 3.00 bits per heavy atom. The van der Waals surface area contributed by atoms with Gasteiger partial charge in [-0.2, -0.15) is 0 Å². The van der Waals surface area contributed by atoms with Crippen molar-refractivity contribution >= 4 is 17.2 Å². The van der Waals surface area contributed by atoms with Crippen molar-refractivity contribution in [2.45, 2.75) is 39.2 Å². The number of carbonyl (C=O) groups excluding carboxylic acids is 1. The molecule has 0 aromatic carbocycles. The zero-order valence-electron chi connectivity index (χ0n) is 10.5. The Balaban J connectivity index is 2.13. The van der Waals surface area contributed by atoms with E-state index in [2.05, 4.69) is 13.8 Å². The highest BCUT2D eigenvalue weighted by atomic mass is 32.1. The molecule has 0 bridgehead atoms. The van der Waals surface area contributed by atoms with E-state index in [-0.39, 0.29) is 11.9 Å². The SMILES string of the molecule is CCc1sc(C(=O)N2CCCC(N)C2)cc1C. The van der Waals surface area contributed by atoms with Crippen LogP contribution in [0.25, 0.3) is 0 Å². The number of nitrogens with zero attached hydrogens (tertiary/aromatic N) is 1. The van der Waals surface area contributed by atoms with Crippen molar-refractivity contribution in [2.24, 2.45) is 5.73 Å². The van der Waals surface area contributed by atoms with Gasteiger partial charge < -0.3 is 10.6 Å². The van der Waals surface area contributed by atoms with E-state index in [1.54, 1.807) is 11.3 Å². The lowest BCUT2D eigenvalue weighted by Crippen LogP contribution is -2.45. The summed E-state index contributed by atoms with van der Waals surface area (Å²) in [5.41, 5.74) is 7.15. The summed E-state index contributed by atoms with van der Waals surface area (Å²) in [6, 6.07) is 2.17. The van der Waals surface area contributed by atoms with Gasteiger partial charge in [-0.25, -0.2) is 0 Å². The van der Waals surface area contributed by atoms with Crippen molar-refractivity contribution in [3.8, 4) is 0 Å². The van der Waals surface area contributed by atoms with E-state index in [1.165, 1.54) is 10.4 Å². The van der Waals surface area contributed by atoms with Gasteiger partial charge in [-0.3, -0.25) is 4.79 Å². The van der Waals surface area contributed by atoms with Crippen molar-refractivity contribution in [1.82, 2.24) is 4.90 Å². The molecule has 1 atom stereocenters. The van der Waals surface area contributed by atoms with Gasteiger partial charge in [-0.15, -0.1) is 11.3 Å². The van der Waals surface area contributed by atoms with E-state index in [4.69, 9.17) is 5.73 Å². The molecule has 0 radical (unpaired) electrons. The van der Waals surface area contributed by atoms with Crippen molar-refractivity contribution in [3.05, 3.63) is 21.4 Å². The average Bonchev–Trinajstić information content (AvgIpc) is 2.69. The van der Waals surface area contributed by atoms with Crippen LogP contribution in [0.4, 0.5) is 0 Å². The van der Waals surface area contributed by atoms with Crippen LogP contribution in [0.3, 0.4) is 0 Å². The molecule has 1 amide bonds. The first kappa shape index (κ1) is 12.6. The third kappa shape index (κ3) is 2.69. The highest BCUT2D eigenvalue weighted by Gasteiger charge is 2.23. The molecule has 1 fully saturated rings. The van der Waals surface area contributed by atoms with E-state index in [0.29, 0.717) is 6.54 Å². The normalized spacial score (nSPS) is 20.6. The molecular formula is C13H20N2OS. The molecule has 2 heterocycles. The first-order chi connectivity index (χ1) is 8.11. The minimum Gasteiger partial charge on any atom is -0.336 e. The summed E-state index contributed by atoms with van der Waals surface area (Å²) in [6.45, 7) is 5.76. The minimum atomic E-state index is 0.152. The molecule has 2 N–H and O–H groups in total. The topological polar surface area (TPSA) is 46.3 Å². The van der Waals surface area contributed by atoms with Gasteiger partial charge in [0.15, 0.2) is 0 Å². The average molecular weight is 252 g/mol. The summed E-state index contributed by atoms with van der Waals surface area (Å²) in [7, 11) is 0. The van der Waals surface area contributed by atoms with Gasteiger partial charge in [0.2, 0.25) is 0 Å². The van der Waals surface area contributed by atoms with Crippen molar-refractivity contribution in [1.29, 1.82) is 0 Å². The van der Waals surface area contributed by atoms with Gasteiger partial charge >= 0.3 is 0 Å². The van der Waals surface area contributed by atoms with E-state index in [1.807, 2.05) is 11.0 Å². The molecule has 17 heavy (non-hydrogen) atoms. The Labute approximate surface area is 107 Å². The molecular weight excluding hydrogens is 232 g/mol.